The molecule has 0 saturated carbocycles. The van der Waals surface area contributed by atoms with Crippen LogP contribution in [0.4, 0.5) is 24.5 Å². The molecule has 0 aliphatic rings. The summed E-state index contributed by atoms with van der Waals surface area (Å²) in [5.74, 6) is -1.34. The van der Waals surface area contributed by atoms with Crippen LogP contribution in [-0.2, 0) is 6.18 Å². The van der Waals surface area contributed by atoms with Crippen molar-refractivity contribution in [1.82, 2.24) is 4.98 Å². The number of benzene rings is 3. The number of amides is 2. The van der Waals surface area contributed by atoms with E-state index < -0.39 is 29.1 Å². The molecule has 176 valence electrons. The number of rotatable bonds is 5. The second kappa shape index (κ2) is 9.68. The molecule has 1 aromatic heterocycles. The van der Waals surface area contributed by atoms with E-state index in [1.807, 2.05) is 30.3 Å². The van der Waals surface area contributed by atoms with Gasteiger partial charge < -0.3 is 15.6 Å². The second-order valence-corrected chi connectivity index (χ2v) is 7.55. The molecule has 3 N–H and O–H groups in total. The molecule has 0 unspecified atom stereocenters. The Bertz CT molecular complexity index is 1450. The minimum Gasteiger partial charge on any atom is -0.322 e. The Hall–Kier alpha value is -4.66. The number of nitrogens with one attached hydrogen (secondary N) is 3. The number of carbonyl (C=O) groups excluding carboxylic acids is 2. The molecule has 4 rings (SSSR count). The predicted octanol–water partition coefficient (Wildman–Crippen LogP) is 5.57. The van der Waals surface area contributed by atoms with Crippen LogP contribution in [0.2, 0.25) is 0 Å². The molecular weight excluding hydrogens is 459 g/mol. The monoisotopic (exact) mass is 477 g/mol. The fourth-order valence-corrected chi connectivity index (χ4v) is 3.35. The van der Waals surface area contributed by atoms with Crippen molar-refractivity contribution in [1.29, 1.82) is 0 Å². The van der Waals surface area contributed by atoms with Crippen molar-refractivity contribution in [3.63, 3.8) is 0 Å². The smallest absolute Gasteiger partial charge is 0.322 e. The van der Waals surface area contributed by atoms with Gasteiger partial charge in [-0.1, -0.05) is 42.5 Å². The molecular formula is C26H18F3N3O3. The molecule has 4 aromatic rings. The largest absolute Gasteiger partial charge is 0.416 e. The van der Waals surface area contributed by atoms with E-state index in [4.69, 9.17) is 0 Å². The average molecular weight is 477 g/mol. The average Bonchev–Trinajstić information content (AvgIpc) is 2.84. The van der Waals surface area contributed by atoms with Crippen LogP contribution in [0.3, 0.4) is 0 Å². The molecule has 0 spiro atoms. The maximum absolute atomic E-state index is 12.9. The number of H-pyrrole nitrogens is 1. The van der Waals surface area contributed by atoms with Gasteiger partial charge in [-0.2, -0.15) is 13.2 Å². The van der Waals surface area contributed by atoms with Gasteiger partial charge in [-0.05, 0) is 54.1 Å². The summed E-state index contributed by atoms with van der Waals surface area (Å²) in [6.45, 7) is 0. The molecule has 35 heavy (non-hydrogen) atoms. The Kier molecular flexibility index (Phi) is 6.50. The molecule has 0 atom stereocenters. The van der Waals surface area contributed by atoms with E-state index in [-0.39, 0.29) is 22.5 Å². The number of aromatic amines is 1. The highest BCUT2D eigenvalue weighted by Crippen LogP contribution is 2.30. The quantitative estimate of drug-likeness (QED) is 0.351. The summed E-state index contributed by atoms with van der Waals surface area (Å²) >= 11 is 0. The lowest BCUT2D eigenvalue weighted by Gasteiger charge is -2.11. The lowest BCUT2D eigenvalue weighted by atomic mass is 10.1. The van der Waals surface area contributed by atoms with Crippen LogP contribution < -0.4 is 16.2 Å². The van der Waals surface area contributed by atoms with E-state index >= 15 is 0 Å². The van der Waals surface area contributed by atoms with Crippen molar-refractivity contribution in [2.24, 2.45) is 0 Å². The van der Waals surface area contributed by atoms with Gasteiger partial charge in [0.2, 0.25) is 0 Å². The summed E-state index contributed by atoms with van der Waals surface area (Å²) in [4.78, 5) is 40.3. The molecule has 0 saturated heterocycles. The van der Waals surface area contributed by atoms with E-state index in [1.54, 1.807) is 6.07 Å². The number of anilines is 2. The first-order valence-corrected chi connectivity index (χ1v) is 10.4. The topological polar surface area (TPSA) is 91.1 Å². The zero-order valence-electron chi connectivity index (χ0n) is 18.0. The Morgan fingerprint density at radius 1 is 0.714 bits per heavy atom. The number of aromatic nitrogens is 1. The van der Waals surface area contributed by atoms with Crippen LogP contribution in [0, 0.1) is 0 Å². The highest BCUT2D eigenvalue weighted by molar-refractivity contribution is 6.07. The third kappa shape index (κ3) is 5.64. The summed E-state index contributed by atoms with van der Waals surface area (Å²) in [5.41, 5.74) is 0.0677. The summed E-state index contributed by atoms with van der Waals surface area (Å²) in [6.07, 6.45) is -4.54. The normalized spacial score (nSPS) is 11.1. The van der Waals surface area contributed by atoms with Gasteiger partial charge in [0, 0.05) is 22.6 Å². The summed E-state index contributed by atoms with van der Waals surface area (Å²) in [5, 5.41) is 4.97. The Labute approximate surface area is 197 Å². The number of halogens is 3. The third-order valence-corrected chi connectivity index (χ3v) is 5.07. The second-order valence-electron chi connectivity index (χ2n) is 7.55. The summed E-state index contributed by atoms with van der Waals surface area (Å²) in [6, 6.07) is 22.2. The first-order valence-electron chi connectivity index (χ1n) is 10.4. The van der Waals surface area contributed by atoms with Crippen LogP contribution in [0.1, 0.15) is 26.3 Å². The number of carbonyl (C=O) groups is 2. The summed E-state index contributed by atoms with van der Waals surface area (Å²) < 4.78 is 38.7. The lowest BCUT2D eigenvalue weighted by Crippen LogP contribution is -2.23. The van der Waals surface area contributed by atoms with E-state index in [0.29, 0.717) is 5.69 Å². The minimum atomic E-state index is -4.54. The molecule has 1 heterocycles. The zero-order valence-corrected chi connectivity index (χ0v) is 18.0. The molecule has 0 aliphatic carbocycles. The van der Waals surface area contributed by atoms with Crippen molar-refractivity contribution in [2.75, 3.05) is 10.6 Å². The van der Waals surface area contributed by atoms with Gasteiger partial charge in [-0.15, -0.1) is 0 Å². The third-order valence-electron chi connectivity index (χ3n) is 5.07. The standard InChI is InChI=1S/C26H18F3N3O3/c27-26(28,29)18-9-5-11-20(15-18)30-23(33)17-8-4-10-19(14-17)31-24(34)21-12-13-22(32-25(21)35)16-6-2-1-3-7-16/h1-15H,(H,30,33)(H,31,34)(H,32,35). The van der Waals surface area contributed by atoms with Crippen molar-refractivity contribution in [2.45, 2.75) is 6.18 Å². The predicted molar refractivity (Wildman–Crippen MR) is 126 cm³/mol. The number of hydrogen-bond acceptors (Lipinski definition) is 3. The van der Waals surface area contributed by atoms with Crippen LogP contribution in [0.25, 0.3) is 11.3 Å². The molecule has 0 fully saturated rings. The SMILES string of the molecule is O=C(Nc1cccc(C(F)(F)F)c1)c1cccc(NC(=O)c2ccc(-c3ccccc3)[nH]c2=O)c1. The Morgan fingerprint density at radius 3 is 2.06 bits per heavy atom. The van der Waals surface area contributed by atoms with Gasteiger partial charge >= 0.3 is 6.18 Å². The molecule has 0 aliphatic heterocycles. The van der Waals surface area contributed by atoms with Gasteiger partial charge in [-0.25, -0.2) is 0 Å². The minimum absolute atomic E-state index is 0.0238. The van der Waals surface area contributed by atoms with Gasteiger partial charge in [0.15, 0.2) is 0 Å². The fraction of sp³-hybridized carbons (Fsp3) is 0.0385. The molecule has 2 amide bonds. The molecule has 0 radical (unpaired) electrons. The van der Waals surface area contributed by atoms with Crippen molar-refractivity contribution < 1.29 is 22.8 Å². The van der Waals surface area contributed by atoms with Gasteiger partial charge in [0.05, 0.1) is 5.56 Å². The van der Waals surface area contributed by atoms with Crippen LogP contribution >= 0.6 is 0 Å². The number of hydrogen-bond donors (Lipinski definition) is 3. The van der Waals surface area contributed by atoms with E-state index in [2.05, 4.69) is 15.6 Å². The zero-order chi connectivity index (χ0) is 25.0. The molecule has 3 aromatic carbocycles. The molecule has 9 heteroatoms. The van der Waals surface area contributed by atoms with Crippen LogP contribution in [-0.4, -0.2) is 16.8 Å². The first kappa shape index (κ1) is 23.5. The Morgan fingerprint density at radius 2 is 1.37 bits per heavy atom. The van der Waals surface area contributed by atoms with Crippen LogP contribution in [0.15, 0.2) is 95.8 Å². The molecule has 6 nitrogen and oxygen atoms in total. The van der Waals surface area contributed by atoms with E-state index in [0.717, 1.165) is 17.7 Å². The van der Waals surface area contributed by atoms with E-state index in [9.17, 15) is 27.6 Å². The van der Waals surface area contributed by atoms with Crippen molar-refractivity contribution in [3.8, 4) is 11.3 Å². The summed E-state index contributed by atoms with van der Waals surface area (Å²) in [7, 11) is 0. The highest BCUT2D eigenvalue weighted by atomic mass is 19.4. The fourth-order valence-electron chi connectivity index (χ4n) is 3.35. The van der Waals surface area contributed by atoms with Gasteiger partial charge in [0.25, 0.3) is 17.4 Å². The molecule has 0 bridgehead atoms. The number of pyridine rings is 1. The number of alkyl halides is 3. The highest BCUT2D eigenvalue weighted by Gasteiger charge is 2.30. The Balaban J connectivity index is 1.48. The van der Waals surface area contributed by atoms with Gasteiger partial charge in [0.1, 0.15) is 5.56 Å². The lowest BCUT2D eigenvalue weighted by molar-refractivity contribution is -0.137. The maximum Gasteiger partial charge on any atom is 0.416 e. The maximum atomic E-state index is 12.9. The first-order chi connectivity index (χ1) is 16.7. The van der Waals surface area contributed by atoms with Crippen LogP contribution in [0.5, 0.6) is 0 Å². The van der Waals surface area contributed by atoms with Gasteiger partial charge in [-0.3, -0.25) is 14.4 Å². The van der Waals surface area contributed by atoms with E-state index in [1.165, 1.54) is 42.5 Å². The van der Waals surface area contributed by atoms with Crippen molar-refractivity contribution in [3.05, 3.63) is 118 Å². The van der Waals surface area contributed by atoms with Crippen molar-refractivity contribution >= 4 is 23.2 Å².